The van der Waals surface area contributed by atoms with Crippen LogP contribution in [0.3, 0.4) is 0 Å². The van der Waals surface area contributed by atoms with Crippen LogP contribution in [0.1, 0.15) is 38.5 Å². The minimum Gasteiger partial charge on any atom is -0.390 e. The summed E-state index contributed by atoms with van der Waals surface area (Å²) in [6.07, 6.45) is 5.42. The van der Waals surface area contributed by atoms with Crippen molar-refractivity contribution in [1.29, 1.82) is 0 Å². The summed E-state index contributed by atoms with van der Waals surface area (Å²) < 4.78 is 2.64. The predicted octanol–water partition coefficient (Wildman–Crippen LogP) is 0.857. The van der Waals surface area contributed by atoms with Gasteiger partial charge in [0.1, 0.15) is 0 Å². The average molecular weight is 445 g/mol. The monoisotopic (exact) mass is 444 g/mol. The molecule has 2 atom stereocenters. The maximum atomic E-state index is 13.3. The Labute approximate surface area is 188 Å². The summed E-state index contributed by atoms with van der Waals surface area (Å²) in [5.41, 5.74) is -0.323. The van der Waals surface area contributed by atoms with Gasteiger partial charge in [0.05, 0.1) is 36.2 Å². The number of rotatable bonds is 8. The van der Waals surface area contributed by atoms with Gasteiger partial charge < -0.3 is 20.0 Å². The van der Waals surface area contributed by atoms with Crippen LogP contribution in [0, 0.1) is 0 Å². The number of aliphatic hydroxyl groups is 2. The Bertz CT molecular complexity index is 1010. The molecule has 2 aliphatic rings. The second-order valence-corrected chi connectivity index (χ2v) is 9.36. The van der Waals surface area contributed by atoms with E-state index in [1.165, 1.54) is 17.4 Å². The van der Waals surface area contributed by atoms with Crippen LogP contribution in [0.4, 0.5) is 0 Å². The third kappa shape index (κ3) is 5.49. The number of nitrogens with zero attached hydrogens (tertiary/aromatic N) is 4. The van der Waals surface area contributed by atoms with E-state index in [4.69, 9.17) is 0 Å². The molecule has 2 aliphatic heterocycles. The largest absolute Gasteiger partial charge is 0.390 e. The van der Waals surface area contributed by atoms with Crippen molar-refractivity contribution in [2.45, 2.75) is 63.8 Å². The fraction of sp³-hybridized carbons (Fsp3) is 0.667. The molecule has 2 fully saturated rings. The quantitative estimate of drug-likeness (QED) is 0.628. The minimum absolute atomic E-state index is 0.0405. The Morgan fingerprint density at radius 1 is 0.688 bits per heavy atom. The van der Waals surface area contributed by atoms with Crippen LogP contribution in [0.25, 0.3) is 10.9 Å². The second-order valence-electron chi connectivity index (χ2n) is 9.36. The normalized spacial score (nSPS) is 20.4. The van der Waals surface area contributed by atoms with Gasteiger partial charge in [0, 0.05) is 13.1 Å². The van der Waals surface area contributed by atoms with Crippen molar-refractivity contribution in [3.63, 3.8) is 0 Å². The van der Waals surface area contributed by atoms with Crippen molar-refractivity contribution in [2.75, 3.05) is 39.3 Å². The zero-order chi connectivity index (χ0) is 22.5. The number of fused-ring (bicyclic) bond motifs is 1. The van der Waals surface area contributed by atoms with Gasteiger partial charge >= 0.3 is 5.69 Å². The fourth-order valence-electron chi connectivity index (χ4n) is 5.13. The molecule has 1 aromatic heterocycles. The molecule has 32 heavy (non-hydrogen) atoms. The Kier molecular flexibility index (Phi) is 7.78. The lowest BCUT2D eigenvalue weighted by molar-refractivity contribution is 0.0823. The summed E-state index contributed by atoms with van der Waals surface area (Å²) in [4.78, 5) is 30.9. The lowest BCUT2D eigenvalue weighted by Crippen LogP contribution is -2.47. The number of para-hydroxylation sites is 1. The number of aromatic nitrogens is 2. The molecule has 4 rings (SSSR count). The lowest BCUT2D eigenvalue weighted by atomic mass is 10.1. The van der Waals surface area contributed by atoms with E-state index in [-0.39, 0.29) is 18.6 Å². The van der Waals surface area contributed by atoms with E-state index < -0.39 is 17.9 Å². The van der Waals surface area contributed by atoms with Crippen molar-refractivity contribution in [1.82, 2.24) is 18.9 Å². The van der Waals surface area contributed by atoms with Crippen LogP contribution < -0.4 is 11.2 Å². The zero-order valence-corrected chi connectivity index (χ0v) is 18.9. The Morgan fingerprint density at radius 2 is 1.19 bits per heavy atom. The fourth-order valence-corrected chi connectivity index (χ4v) is 5.13. The molecular weight excluding hydrogens is 408 g/mol. The third-order valence-corrected chi connectivity index (χ3v) is 6.75. The molecule has 2 N–H and O–H groups in total. The molecule has 2 aromatic rings. The molecule has 1 aromatic carbocycles. The highest BCUT2D eigenvalue weighted by Gasteiger charge is 2.21. The first-order valence-corrected chi connectivity index (χ1v) is 12.1. The molecule has 2 saturated heterocycles. The van der Waals surface area contributed by atoms with Gasteiger partial charge in [-0.05, 0) is 64.0 Å². The topological polar surface area (TPSA) is 90.9 Å². The molecular formula is C24H36N4O4. The highest BCUT2D eigenvalue weighted by molar-refractivity contribution is 5.77. The Hall–Kier alpha value is -2.00. The third-order valence-electron chi connectivity index (χ3n) is 6.75. The molecule has 0 bridgehead atoms. The van der Waals surface area contributed by atoms with Crippen molar-refractivity contribution in [3.05, 3.63) is 45.1 Å². The first-order chi connectivity index (χ1) is 15.5. The number of β-amino-alcohol motifs (C(OH)–C–C–N with tert-alkyl or cyclic N) is 2. The number of hydrogen-bond donors (Lipinski definition) is 2. The first-order valence-electron chi connectivity index (χ1n) is 12.1. The Balaban J connectivity index is 1.57. The number of piperidine rings is 2. The average Bonchev–Trinajstić information content (AvgIpc) is 2.81. The van der Waals surface area contributed by atoms with Crippen LogP contribution in [0.15, 0.2) is 33.9 Å². The molecule has 0 radical (unpaired) electrons. The van der Waals surface area contributed by atoms with Gasteiger partial charge in [-0.25, -0.2) is 4.79 Å². The number of aliphatic hydroxyl groups excluding tert-OH is 2. The van der Waals surface area contributed by atoms with E-state index in [0.29, 0.717) is 24.0 Å². The predicted molar refractivity (Wildman–Crippen MR) is 125 cm³/mol. The van der Waals surface area contributed by atoms with Gasteiger partial charge in [-0.3, -0.25) is 13.9 Å². The van der Waals surface area contributed by atoms with Gasteiger partial charge in [-0.2, -0.15) is 0 Å². The molecule has 0 spiro atoms. The van der Waals surface area contributed by atoms with Crippen molar-refractivity contribution >= 4 is 10.9 Å². The van der Waals surface area contributed by atoms with E-state index >= 15 is 0 Å². The smallest absolute Gasteiger partial charge is 0.331 e. The summed E-state index contributed by atoms with van der Waals surface area (Å²) in [5.74, 6) is 0. The number of likely N-dealkylation sites (tertiary alicyclic amines) is 2. The maximum Gasteiger partial charge on any atom is 0.331 e. The van der Waals surface area contributed by atoms with E-state index in [0.717, 1.165) is 56.4 Å². The summed E-state index contributed by atoms with van der Waals surface area (Å²) >= 11 is 0. The molecule has 0 amide bonds. The van der Waals surface area contributed by atoms with Crippen molar-refractivity contribution < 1.29 is 10.2 Å². The number of hydrogen-bond acceptors (Lipinski definition) is 6. The van der Waals surface area contributed by atoms with Gasteiger partial charge in [0.15, 0.2) is 0 Å². The maximum absolute atomic E-state index is 13.3. The highest BCUT2D eigenvalue weighted by atomic mass is 16.3. The molecule has 176 valence electrons. The Morgan fingerprint density at radius 3 is 1.75 bits per heavy atom. The molecule has 8 heteroatoms. The van der Waals surface area contributed by atoms with Gasteiger partial charge in [-0.15, -0.1) is 0 Å². The standard InChI is InChI=1S/C24H36N4O4/c29-19(15-25-11-5-1-6-12-25)17-27-22-10-4-3-9-21(22)23(31)28(24(27)32)18-20(30)16-26-13-7-2-8-14-26/h3-4,9-10,19-20,29-30H,1-2,5-8,11-18H2/t19-,20-/m1/s1. The van der Waals surface area contributed by atoms with E-state index in [9.17, 15) is 19.8 Å². The van der Waals surface area contributed by atoms with E-state index in [1.54, 1.807) is 24.3 Å². The summed E-state index contributed by atoms with van der Waals surface area (Å²) in [5, 5.41) is 21.8. The van der Waals surface area contributed by atoms with Gasteiger partial charge in [0.25, 0.3) is 5.56 Å². The summed E-state index contributed by atoms with van der Waals surface area (Å²) in [6, 6.07) is 7.03. The van der Waals surface area contributed by atoms with Crippen molar-refractivity contribution in [2.24, 2.45) is 0 Å². The van der Waals surface area contributed by atoms with Crippen LogP contribution in [0.2, 0.25) is 0 Å². The van der Waals surface area contributed by atoms with Gasteiger partial charge in [-0.1, -0.05) is 25.0 Å². The molecule has 0 aliphatic carbocycles. The molecule has 0 unspecified atom stereocenters. The molecule has 3 heterocycles. The lowest BCUT2D eigenvalue weighted by Gasteiger charge is -2.29. The van der Waals surface area contributed by atoms with Crippen LogP contribution in [0.5, 0.6) is 0 Å². The van der Waals surface area contributed by atoms with Crippen LogP contribution in [-0.4, -0.2) is 80.6 Å². The molecule has 8 nitrogen and oxygen atoms in total. The van der Waals surface area contributed by atoms with E-state index in [2.05, 4.69) is 9.80 Å². The SMILES string of the molecule is O=c1c2ccccc2n(C[C@H](O)CN2CCCCC2)c(=O)n1C[C@H](O)CN1CCCCC1. The summed E-state index contributed by atoms with van der Waals surface area (Å²) in [6.45, 7) is 4.87. The highest BCUT2D eigenvalue weighted by Crippen LogP contribution is 2.12. The minimum atomic E-state index is -0.800. The van der Waals surface area contributed by atoms with Crippen LogP contribution in [-0.2, 0) is 13.1 Å². The number of benzene rings is 1. The first kappa shape index (κ1) is 23.2. The molecule has 0 saturated carbocycles. The van der Waals surface area contributed by atoms with Crippen molar-refractivity contribution in [3.8, 4) is 0 Å². The van der Waals surface area contributed by atoms with Gasteiger partial charge in [0.2, 0.25) is 0 Å². The zero-order valence-electron chi connectivity index (χ0n) is 18.9. The summed E-state index contributed by atoms with van der Waals surface area (Å²) in [7, 11) is 0. The van der Waals surface area contributed by atoms with E-state index in [1.807, 2.05) is 0 Å². The van der Waals surface area contributed by atoms with Crippen LogP contribution >= 0.6 is 0 Å². The second kappa shape index (κ2) is 10.7.